The molecule has 0 radical (unpaired) electrons. The number of fused-ring (bicyclic) bond motifs is 3. The van der Waals surface area contributed by atoms with E-state index in [1.54, 1.807) is 49.6 Å². The summed E-state index contributed by atoms with van der Waals surface area (Å²) in [7, 11) is 1.58. The van der Waals surface area contributed by atoms with Crippen LogP contribution < -0.4 is 10.4 Å². The summed E-state index contributed by atoms with van der Waals surface area (Å²) in [5.74, 6) is -0.287. The van der Waals surface area contributed by atoms with Crippen molar-refractivity contribution in [3.8, 4) is 16.2 Å². The molecule has 6 heteroatoms. The van der Waals surface area contributed by atoms with Crippen LogP contribution in [0.1, 0.15) is 10.4 Å². The van der Waals surface area contributed by atoms with Gasteiger partial charge in [0.15, 0.2) is 0 Å². The Bertz CT molecular complexity index is 1170. The first-order valence-electron chi connectivity index (χ1n) is 7.45. The van der Waals surface area contributed by atoms with Gasteiger partial charge in [-0.05, 0) is 42.0 Å². The lowest BCUT2D eigenvalue weighted by molar-refractivity contribution is 0.0697. The van der Waals surface area contributed by atoms with Crippen LogP contribution in [-0.4, -0.2) is 18.2 Å². The number of carboxylic acids is 1. The molecule has 0 aliphatic carbocycles. The van der Waals surface area contributed by atoms with Gasteiger partial charge in [0.1, 0.15) is 11.3 Å². The second-order valence-corrected chi connectivity index (χ2v) is 6.54. The van der Waals surface area contributed by atoms with Gasteiger partial charge in [-0.25, -0.2) is 9.59 Å². The van der Waals surface area contributed by atoms with Gasteiger partial charge in [0, 0.05) is 10.3 Å². The summed E-state index contributed by atoms with van der Waals surface area (Å²) in [6.07, 6.45) is 0. The van der Waals surface area contributed by atoms with Crippen molar-refractivity contribution in [1.82, 2.24) is 0 Å². The summed E-state index contributed by atoms with van der Waals surface area (Å²) in [5, 5.41) is 10.3. The van der Waals surface area contributed by atoms with Gasteiger partial charge in [0.25, 0.3) is 0 Å². The standard InChI is InChI=1S/C19H12O5S/c1-23-12-6-7-15-13(8-12)17-14(19(22)24-15)9-16(25-17)10-2-4-11(5-3-10)18(20)21/h2-9H,1H3,(H,20,21). The maximum Gasteiger partial charge on any atom is 0.345 e. The van der Waals surface area contributed by atoms with Crippen molar-refractivity contribution in [2.75, 3.05) is 7.11 Å². The van der Waals surface area contributed by atoms with Crippen LogP contribution in [0.4, 0.5) is 0 Å². The Balaban J connectivity index is 1.94. The van der Waals surface area contributed by atoms with Gasteiger partial charge in [-0.3, -0.25) is 0 Å². The molecule has 0 aliphatic rings. The minimum absolute atomic E-state index is 0.222. The Morgan fingerprint density at radius 3 is 2.52 bits per heavy atom. The van der Waals surface area contributed by atoms with Gasteiger partial charge in [-0.15, -0.1) is 11.3 Å². The van der Waals surface area contributed by atoms with Gasteiger partial charge in [0.2, 0.25) is 0 Å². The third-order valence-corrected chi connectivity index (χ3v) is 5.22. The molecular formula is C19H12O5S. The minimum atomic E-state index is -0.971. The molecule has 1 N–H and O–H groups in total. The lowest BCUT2D eigenvalue weighted by Gasteiger charge is -2.02. The summed E-state index contributed by atoms with van der Waals surface area (Å²) < 4.78 is 11.5. The average Bonchev–Trinajstić information content (AvgIpc) is 3.08. The maximum atomic E-state index is 12.3. The number of hydrogen-bond donors (Lipinski definition) is 1. The molecule has 0 saturated carbocycles. The van der Waals surface area contributed by atoms with E-state index in [0.29, 0.717) is 16.7 Å². The van der Waals surface area contributed by atoms with Crippen molar-refractivity contribution < 1.29 is 19.1 Å². The minimum Gasteiger partial charge on any atom is -0.497 e. The average molecular weight is 352 g/mol. The molecule has 0 atom stereocenters. The smallest absolute Gasteiger partial charge is 0.345 e. The van der Waals surface area contributed by atoms with Crippen molar-refractivity contribution in [2.45, 2.75) is 0 Å². The highest BCUT2D eigenvalue weighted by atomic mass is 32.1. The maximum absolute atomic E-state index is 12.3. The zero-order valence-electron chi connectivity index (χ0n) is 13.1. The molecule has 0 amide bonds. The number of benzene rings is 2. The van der Waals surface area contributed by atoms with E-state index in [-0.39, 0.29) is 5.56 Å². The van der Waals surface area contributed by atoms with E-state index in [4.69, 9.17) is 14.3 Å². The first-order valence-corrected chi connectivity index (χ1v) is 8.26. The number of aromatic carboxylic acids is 1. The molecule has 0 bridgehead atoms. The number of hydrogen-bond acceptors (Lipinski definition) is 5. The second-order valence-electron chi connectivity index (χ2n) is 5.49. The Hall–Kier alpha value is -3.12. The van der Waals surface area contributed by atoms with E-state index in [1.165, 1.54) is 11.3 Å². The SMILES string of the molecule is COc1ccc2oc(=O)c3cc(-c4ccc(C(=O)O)cc4)sc3c2c1. The predicted molar refractivity (Wildman–Crippen MR) is 96.8 cm³/mol. The van der Waals surface area contributed by atoms with E-state index in [2.05, 4.69) is 0 Å². The second kappa shape index (κ2) is 5.75. The number of carbonyl (C=O) groups is 1. The van der Waals surface area contributed by atoms with Gasteiger partial charge >= 0.3 is 11.6 Å². The highest BCUT2D eigenvalue weighted by Crippen LogP contribution is 2.37. The summed E-state index contributed by atoms with van der Waals surface area (Å²) >= 11 is 1.46. The van der Waals surface area contributed by atoms with Gasteiger partial charge in [0.05, 0.1) is 22.8 Å². The lowest BCUT2D eigenvalue weighted by atomic mass is 10.1. The molecule has 4 rings (SSSR count). The molecule has 2 aromatic heterocycles. The van der Waals surface area contributed by atoms with E-state index >= 15 is 0 Å². The number of carboxylic acid groups (broad SMARTS) is 1. The molecule has 4 aromatic rings. The third kappa shape index (κ3) is 2.56. The topological polar surface area (TPSA) is 76.7 Å². The van der Waals surface area contributed by atoms with Gasteiger partial charge in [-0.2, -0.15) is 0 Å². The third-order valence-electron chi connectivity index (χ3n) is 4.00. The van der Waals surface area contributed by atoms with E-state index < -0.39 is 11.6 Å². The van der Waals surface area contributed by atoms with Crippen molar-refractivity contribution >= 4 is 38.4 Å². The number of rotatable bonds is 3. The predicted octanol–water partition coefficient (Wildman–Crippen LogP) is 4.38. The number of ether oxygens (including phenoxy) is 1. The first-order chi connectivity index (χ1) is 12.1. The number of thiophene rings is 1. The lowest BCUT2D eigenvalue weighted by Crippen LogP contribution is -1.97. The fourth-order valence-electron chi connectivity index (χ4n) is 2.72. The normalized spacial score (nSPS) is 11.1. The Labute approximate surface area is 145 Å². The van der Waals surface area contributed by atoms with Crippen molar-refractivity contribution in [1.29, 1.82) is 0 Å². The van der Waals surface area contributed by atoms with E-state index in [1.807, 2.05) is 6.07 Å². The molecule has 0 unspecified atom stereocenters. The Morgan fingerprint density at radius 2 is 1.84 bits per heavy atom. The van der Waals surface area contributed by atoms with Crippen molar-refractivity contribution in [2.24, 2.45) is 0 Å². The fraction of sp³-hybridized carbons (Fsp3) is 0.0526. The largest absolute Gasteiger partial charge is 0.497 e. The zero-order valence-corrected chi connectivity index (χ0v) is 13.9. The molecule has 0 aliphatic heterocycles. The molecule has 124 valence electrons. The molecule has 2 aromatic carbocycles. The Kier molecular flexibility index (Phi) is 3.54. The molecule has 2 heterocycles. The van der Waals surface area contributed by atoms with Crippen LogP contribution in [0.2, 0.25) is 0 Å². The van der Waals surface area contributed by atoms with Gasteiger partial charge in [-0.1, -0.05) is 12.1 Å². The van der Waals surface area contributed by atoms with Crippen LogP contribution in [0.3, 0.4) is 0 Å². The van der Waals surface area contributed by atoms with Crippen LogP contribution in [0.15, 0.2) is 57.7 Å². The number of methoxy groups -OCH3 is 1. The van der Waals surface area contributed by atoms with Crippen LogP contribution in [0, 0.1) is 0 Å². The van der Waals surface area contributed by atoms with Crippen LogP contribution in [0.25, 0.3) is 31.5 Å². The summed E-state index contributed by atoms with van der Waals surface area (Å²) in [4.78, 5) is 24.1. The molecule has 0 spiro atoms. The zero-order chi connectivity index (χ0) is 17.6. The quantitative estimate of drug-likeness (QED) is 0.554. The fourth-order valence-corrected chi connectivity index (χ4v) is 3.89. The molecule has 5 nitrogen and oxygen atoms in total. The van der Waals surface area contributed by atoms with Crippen molar-refractivity contribution in [3.63, 3.8) is 0 Å². The summed E-state index contributed by atoms with van der Waals surface area (Å²) in [5.41, 5.74) is 1.19. The molecule has 0 saturated heterocycles. The molecule has 25 heavy (non-hydrogen) atoms. The summed E-state index contributed by atoms with van der Waals surface area (Å²) in [6.45, 7) is 0. The van der Waals surface area contributed by atoms with Gasteiger partial charge < -0.3 is 14.3 Å². The Morgan fingerprint density at radius 1 is 1.08 bits per heavy atom. The monoisotopic (exact) mass is 352 g/mol. The molecule has 0 fully saturated rings. The van der Waals surface area contributed by atoms with Crippen LogP contribution in [-0.2, 0) is 0 Å². The van der Waals surface area contributed by atoms with E-state index in [9.17, 15) is 9.59 Å². The van der Waals surface area contributed by atoms with Crippen molar-refractivity contribution in [3.05, 3.63) is 64.5 Å². The van der Waals surface area contributed by atoms with Crippen LogP contribution >= 0.6 is 11.3 Å². The molecular weight excluding hydrogens is 340 g/mol. The van der Waals surface area contributed by atoms with Crippen LogP contribution in [0.5, 0.6) is 5.75 Å². The highest BCUT2D eigenvalue weighted by molar-refractivity contribution is 7.23. The van der Waals surface area contributed by atoms with E-state index in [0.717, 1.165) is 20.5 Å². The highest BCUT2D eigenvalue weighted by Gasteiger charge is 2.14. The summed E-state index contributed by atoms with van der Waals surface area (Å²) in [6, 6.07) is 13.6. The first kappa shape index (κ1) is 15.4.